The zero-order chi connectivity index (χ0) is 15.1. The van der Waals surface area contributed by atoms with Gasteiger partial charge in [-0.05, 0) is 51.0 Å². The van der Waals surface area contributed by atoms with Crippen LogP contribution in [0.4, 0.5) is 5.69 Å². The maximum absolute atomic E-state index is 12.7. The molecule has 0 aliphatic carbocycles. The Kier molecular flexibility index (Phi) is 3.83. The lowest BCUT2D eigenvalue weighted by molar-refractivity contribution is -0.0640. The maximum atomic E-state index is 12.7. The minimum absolute atomic E-state index is 0.193. The Balaban J connectivity index is 2.43. The Bertz CT molecular complexity index is 624. The Morgan fingerprint density at radius 1 is 1.25 bits per heavy atom. The van der Waals surface area contributed by atoms with Crippen LogP contribution in [0.2, 0.25) is 0 Å². The van der Waals surface area contributed by atoms with Gasteiger partial charge in [0.15, 0.2) is 0 Å². The van der Waals surface area contributed by atoms with Gasteiger partial charge in [0.25, 0.3) is 0 Å². The van der Waals surface area contributed by atoms with Gasteiger partial charge in [-0.2, -0.15) is 4.31 Å². The Labute approximate surface area is 120 Å². The van der Waals surface area contributed by atoms with Gasteiger partial charge in [0, 0.05) is 13.1 Å². The number of anilines is 1. The number of sulfonamides is 1. The summed E-state index contributed by atoms with van der Waals surface area (Å²) in [6, 6.07) is 3.37. The van der Waals surface area contributed by atoms with Crippen LogP contribution in [0, 0.1) is 13.8 Å². The number of nitrogen functional groups attached to an aromatic ring is 1. The van der Waals surface area contributed by atoms with E-state index in [9.17, 15) is 8.42 Å². The van der Waals surface area contributed by atoms with Gasteiger partial charge < -0.3 is 10.5 Å². The van der Waals surface area contributed by atoms with E-state index >= 15 is 0 Å². The predicted octanol–water partition coefficient (Wildman–Crippen LogP) is 1.69. The summed E-state index contributed by atoms with van der Waals surface area (Å²) in [5.74, 6) is 0. The molecule has 0 amide bonds. The minimum atomic E-state index is -3.57. The average Bonchev–Trinajstić information content (AvgIpc) is 2.32. The summed E-state index contributed by atoms with van der Waals surface area (Å²) in [5.41, 5.74) is 7.66. The van der Waals surface area contributed by atoms with Crippen molar-refractivity contribution in [2.45, 2.75) is 38.2 Å². The molecular formula is C14H22N2O3S. The van der Waals surface area contributed by atoms with Crippen molar-refractivity contribution in [3.63, 3.8) is 0 Å². The van der Waals surface area contributed by atoms with Crippen LogP contribution in [0.5, 0.6) is 0 Å². The normalized spacial score (nSPS) is 20.0. The van der Waals surface area contributed by atoms with Crippen molar-refractivity contribution in [3.05, 3.63) is 23.3 Å². The molecule has 1 saturated heterocycles. The number of hydrogen-bond acceptors (Lipinski definition) is 4. The summed E-state index contributed by atoms with van der Waals surface area (Å²) in [6.07, 6.45) is 0. The average molecular weight is 298 g/mol. The van der Waals surface area contributed by atoms with Crippen molar-refractivity contribution in [2.24, 2.45) is 0 Å². The van der Waals surface area contributed by atoms with Gasteiger partial charge in [-0.1, -0.05) is 0 Å². The second-order valence-corrected chi connectivity index (χ2v) is 7.83. The van der Waals surface area contributed by atoms with Crippen molar-refractivity contribution in [1.82, 2.24) is 4.31 Å². The summed E-state index contributed by atoms with van der Waals surface area (Å²) in [4.78, 5) is 0.193. The van der Waals surface area contributed by atoms with E-state index in [-0.39, 0.29) is 4.90 Å². The van der Waals surface area contributed by atoms with Crippen LogP contribution in [0.3, 0.4) is 0 Å². The highest BCUT2D eigenvalue weighted by Gasteiger charge is 2.35. The molecule has 1 aromatic rings. The van der Waals surface area contributed by atoms with Crippen LogP contribution in [0.15, 0.2) is 17.0 Å². The van der Waals surface area contributed by atoms with Gasteiger partial charge in [0.05, 0.1) is 17.9 Å². The fraction of sp³-hybridized carbons (Fsp3) is 0.571. The van der Waals surface area contributed by atoms with E-state index in [4.69, 9.17) is 10.5 Å². The number of aryl methyl sites for hydroxylation is 2. The zero-order valence-electron chi connectivity index (χ0n) is 12.4. The lowest BCUT2D eigenvalue weighted by atomic mass is 10.1. The fourth-order valence-electron chi connectivity index (χ4n) is 2.35. The molecular weight excluding hydrogens is 276 g/mol. The monoisotopic (exact) mass is 298 g/mol. The number of rotatable bonds is 2. The molecule has 0 saturated carbocycles. The molecule has 0 bridgehead atoms. The van der Waals surface area contributed by atoms with Crippen LogP contribution in [-0.2, 0) is 14.8 Å². The van der Waals surface area contributed by atoms with E-state index < -0.39 is 15.6 Å². The highest BCUT2D eigenvalue weighted by molar-refractivity contribution is 7.89. The quantitative estimate of drug-likeness (QED) is 0.843. The third-order valence-electron chi connectivity index (χ3n) is 3.63. The molecule has 1 aliphatic rings. The molecule has 1 fully saturated rings. The third-order valence-corrected chi connectivity index (χ3v) is 5.54. The first-order valence-corrected chi connectivity index (χ1v) is 8.08. The van der Waals surface area contributed by atoms with Crippen molar-refractivity contribution < 1.29 is 13.2 Å². The summed E-state index contributed by atoms with van der Waals surface area (Å²) >= 11 is 0. The molecule has 2 N–H and O–H groups in total. The lowest BCUT2D eigenvalue weighted by Gasteiger charge is -2.37. The molecule has 5 nitrogen and oxygen atoms in total. The van der Waals surface area contributed by atoms with Crippen molar-refractivity contribution >= 4 is 15.7 Å². The van der Waals surface area contributed by atoms with E-state index in [0.29, 0.717) is 25.4 Å². The predicted molar refractivity (Wildman–Crippen MR) is 79.1 cm³/mol. The number of hydrogen-bond donors (Lipinski definition) is 1. The van der Waals surface area contributed by atoms with Gasteiger partial charge in [-0.3, -0.25) is 0 Å². The van der Waals surface area contributed by atoms with Crippen LogP contribution in [0.25, 0.3) is 0 Å². The Hall–Kier alpha value is -1.11. The standard InChI is InChI=1S/C14H22N2O3S/c1-10-7-12(15)13(8-11(10)2)20(17,18)16-5-6-19-14(3,4)9-16/h7-8H,5-6,9,15H2,1-4H3. The largest absolute Gasteiger partial charge is 0.398 e. The van der Waals surface area contributed by atoms with E-state index in [1.54, 1.807) is 12.1 Å². The maximum Gasteiger partial charge on any atom is 0.245 e. The second kappa shape index (κ2) is 5.02. The molecule has 20 heavy (non-hydrogen) atoms. The molecule has 1 aliphatic heterocycles. The Morgan fingerprint density at radius 2 is 1.85 bits per heavy atom. The molecule has 6 heteroatoms. The molecule has 2 rings (SSSR count). The molecule has 1 aromatic carbocycles. The van der Waals surface area contributed by atoms with E-state index in [2.05, 4.69) is 0 Å². The summed E-state index contributed by atoms with van der Waals surface area (Å²) in [6.45, 7) is 8.67. The second-order valence-electron chi connectivity index (χ2n) is 5.92. The molecule has 0 aromatic heterocycles. The van der Waals surface area contributed by atoms with E-state index in [0.717, 1.165) is 11.1 Å². The molecule has 0 unspecified atom stereocenters. The first-order valence-electron chi connectivity index (χ1n) is 6.64. The van der Waals surface area contributed by atoms with Gasteiger partial charge in [-0.25, -0.2) is 8.42 Å². The highest BCUT2D eigenvalue weighted by Crippen LogP contribution is 2.28. The highest BCUT2D eigenvalue weighted by atomic mass is 32.2. The van der Waals surface area contributed by atoms with Crippen molar-refractivity contribution in [1.29, 1.82) is 0 Å². The molecule has 0 radical (unpaired) electrons. The lowest BCUT2D eigenvalue weighted by Crippen LogP contribution is -2.50. The van der Waals surface area contributed by atoms with E-state index in [1.165, 1.54) is 4.31 Å². The van der Waals surface area contributed by atoms with Crippen molar-refractivity contribution in [3.8, 4) is 0 Å². The van der Waals surface area contributed by atoms with Gasteiger partial charge in [-0.15, -0.1) is 0 Å². The number of morpholine rings is 1. The van der Waals surface area contributed by atoms with Gasteiger partial charge in [0.2, 0.25) is 10.0 Å². The van der Waals surface area contributed by atoms with Crippen LogP contribution in [0.1, 0.15) is 25.0 Å². The molecule has 1 heterocycles. The smallest absolute Gasteiger partial charge is 0.245 e. The van der Waals surface area contributed by atoms with Crippen LogP contribution >= 0.6 is 0 Å². The SMILES string of the molecule is Cc1cc(N)c(S(=O)(=O)N2CCOC(C)(C)C2)cc1C. The first-order chi connectivity index (χ1) is 9.13. The minimum Gasteiger partial charge on any atom is -0.398 e. The molecule has 0 atom stereocenters. The van der Waals surface area contributed by atoms with Gasteiger partial charge >= 0.3 is 0 Å². The van der Waals surface area contributed by atoms with Crippen molar-refractivity contribution in [2.75, 3.05) is 25.4 Å². The van der Waals surface area contributed by atoms with Crippen LogP contribution in [-0.4, -0.2) is 38.0 Å². The number of benzene rings is 1. The summed E-state index contributed by atoms with van der Waals surface area (Å²) < 4.78 is 32.5. The van der Waals surface area contributed by atoms with E-state index in [1.807, 2.05) is 27.7 Å². The fourth-order valence-corrected chi connectivity index (χ4v) is 4.11. The molecule has 0 spiro atoms. The molecule has 112 valence electrons. The zero-order valence-corrected chi connectivity index (χ0v) is 13.3. The number of ether oxygens (including phenoxy) is 1. The Morgan fingerprint density at radius 3 is 2.45 bits per heavy atom. The first kappa shape index (κ1) is 15.3. The van der Waals surface area contributed by atoms with Gasteiger partial charge in [0.1, 0.15) is 4.90 Å². The third kappa shape index (κ3) is 2.82. The summed E-state index contributed by atoms with van der Waals surface area (Å²) in [5, 5.41) is 0. The number of nitrogens with zero attached hydrogens (tertiary/aromatic N) is 1. The van der Waals surface area contributed by atoms with Crippen LogP contribution < -0.4 is 5.73 Å². The number of nitrogens with two attached hydrogens (primary N) is 1. The topological polar surface area (TPSA) is 72.6 Å². The summed E-state index contributed by atoms with van der Waals surface area (Å²) in [7, 11) is -3.57.